The van der Waals surface area contributed by atoms with Crippen LogP contribution in [0.2, 0.25) is 0 Å². The van der Waals surface area contributed by atoms with Crippen LogP contribution >= 0.6 is 0 Å². The molecular weight excluding hydrogens is 166 g/mol. The SMILES string of the molecule is OCc1cnc(-c2ccccc2)o1. The molecule has 3 heteroatoms. The summed E-state index contributed by atoms with van der Waals surface area (Å²) < 4.78 is 5.26. The van der Waals surface area contributed by atoms with E-state index in [1.165, 1.54) is 6.20 Å². The van der Waals surface area contributed by atoms with Crippen molar-refractivity contribution in [3.8, 4) is 11.5 Å². The fourth-order valence-electron chi connectivity index (χ4n) is 1.09. The summed E-state index contributed by atoms with van der Waals surface area (Å²) in [6.07, 6.45) is 1.53. The highest BCUT2D eigenvalue weighted by molar-refractivity contribution is 5.52. The van der Waals surface area contributed by atoms with Crippen molar-refractivity contribution in [1.82, 2.24) is 4.98 Å². The lowest BCUT2D eigenvalue weighted by Gasteiger charge is -1.92. The Hall–Kier alpha value is -1.61. The zero-order chi connectivity index (χ0) is 9.10. The maximum Gasteiger partial charge on any atom is 0.226 e. The van der Waals surface area contributed by atoms with Gasteiger partial charge in [0.15, 0.2) is 0 Å². The Bertz CT molecular complexity index is 381. The van der Waals surface area contributed by atoms with Gasteiger partial charge in [-0.2, -0.15) is 0 Å². The van der Waals surface area contributed by atoms with Crippen LogP contribution in [-0.4, -0.2) is 10.1 Å². The number of aliphatic hydroxyl groups excluding tert-OH is 1. The monoisotopic (exact) mass is 175 g/mol. The molecule has 0 aliphatic rings. The molecule has 0 aliphatic carbocycles. The third kappa shape index (κ3) is 1.60. The van der Waals surface area contributed by atoms with Gasteiger partial charge >= 0.3 is 0 Å². The molecule has 0 atom stereocenters. The van der Waals surface area contributed by atoms with Gasteiger partial charge in [0, 0.05) is 5.56 Å². The molecule has 1 aromatic heterocycles. The van der Waals surface area contributed by atoms with Crippen LogP contribution < -0.4 is 0 Å². The number of nitrogens with zero attached hydrogens (tertiary/aromatic N) is 1. The molecule has 1 aromatic carbocycles. The Balaban J connectivity index is 2.36. The lowest BCUT2D eigenvalue weighted by Crippen LogP contribution is -1.75. The molecule has 2 aromatic rings. The summed E-state index contributed by atoms with van der Waals surface area (Å²) in [5, 5.41) is 8.76. The van der Waals surface area contributed by atoms with E-state index in [0.29, 0.717) is 11.7 Å². The smallest absolute Gasteiger partial charge is 0.226 e. The number of hydrogen-bond donors (Lipinski definition) is 1. The van der Waals surface area contributed by atoms with Crippen LogP contribution in [0, 0.1) is 0 Å². The van der Waals surface area contributed by atoms with Crippen molar-refractivity contribution in [2.45, 2.75) is 6.61 Å². The van der Waals surface area contributed by atoms with E-state index in [9.17, 15) is 0 Å². The first-order valence-electron chi connectivity index (χ1n) is 4.01. The number of hydrogen-bond acceptors (Lipinski definition) is 3. The first-order valence-corrected chi connectivity index (χ1v) is 4.01. The number of aliphatic hydroxyl groups is 1. The van der Waals surface area contributed by atoms with E-state index in [0.717, 1.165) is 5.56 Å². The molecule has 0 aliphatic heterocycles. The second-order valence-corrected chi connectivity index (χ2v) is 2.66. The summed E-state index contributed by atoms with van der Waals surface area (Å²) in [6, 6.07) is 9.58. The minimum Gasteiger partial charge on any atom is -0.439 e. The largest absolute Gasteiger partial charge is 0.439 e. The van der Waals surface area contributed by atoms with Crippen molar-refractivity contribution in [3.63, 3.8) is 0 Å². The normalized spacial score (nSPS) is 10.2. The van der Waals surface area contributed by atoms with Crippen LogP contribution in [0.3, 0.4) is 0 Å². The van der Waals surface area contributed by atoms with Gasteiger partial charge < -0.3 is 9.52 Å². The maximum absolute atomic E-state index is 8.76. The lowest BCUT2D eigenvalue weighted by molar-refractivity contribution is 0.248. The zero-order valence-corrected chi connectivity index (χ0v) is 6.97. The van der Waals surface area contributed by atoms with Crippen LogP contribution in [0.15, 0.2) is 40.9 Å². The molecular formula is C10H9NO2. The molecule has 2 rings (SSSR count). The highest BCUT2D eigenvalue weighted by atomic mass is 16.4. The average Bonchev–Trinajstić information content (AvgIpc) is 2.67. The van der Waals surface area contributed by atoms with Gasteiger partial charge in [0.2, 0.25) is 5.89 Å². The van der Waals surface area contributed by atoms with Crippen LogP contribution in [0.1, 0.15) is 5.76 Å². The predicted molar refractivity (Wildman–Crippen MR) is 47.9 cm³/mol. The number of benzene rings is 1. The highest BCUT2D eigenvalue weighted by Crippen LogP contribution is 2.17. The Morgan fingerprint density at radius 2 is 2.00 bits per heavy atom. The Morgan fingerprint density at radius 1 is 1.23 bits per heavy atom. The molecule has 0 saturated carbocycles. The molecule has 0 bridgehead atoms. The minimum atomic E-state index is -0.111. The van der Waals surface area contributed by atoms with E-state index in [1.54, 1.807) is 0 Å². The number of oxazole rings is 1. The molecule has 0 fully saturated rings. The van der Waals surface area contributed by atoms with Crippen LogP contribution in [-0.2, 0) is 6.61 Å². The highest BCUT2D eigenvalue weighted by Gasteiger charge is 2.03. The van der Waals surface area contributed by atoms with Crippen LogP contribution in [0.5, 0.6) is 0 Å². The van der Waals surface area contributed by atoms with Gasteiger partial charge in [-0.15, -0.1) is 0 Å². The van der Waals surface area contributed by atoms with Gasteiger partial charge in [0.1, 0.15) is 12.4 Å². The van der Waals surface area contributed by atoms with Gasteiger partial charge in [0.05, 0.1) is 6.20 Å². The van der Waals surface area contributed by atoms with Gasteiger partial charge in [0.25, 0.3) is 0 Å². The van der Waals surface area contributed by atoms with E-state index in [4.69, 9.17) is 9.52 Å². The summed E-state index contributed by atoms with van der Waals surface area (Å²) in [4.78, 5) is 4.03. The topological polar surface area (TPSA) is 46.3 Å². The van der Waals surface area contributed by atoms with Gasteiger partial charge in [-0.3, -0.25) is 0 Å². The number of rotatable bonds is 2. The quantitative estimate of drug-likeness (QED) is 0.757. The molecule has 0 spiro atoms. The van der Waals surface area contributed by atoms with Crippen molar-refractivity contribution < 1.29 is 9.52 Å². The van der Waals surface area contributed by atoms with Crippen LogP contribution in [0.4, 0.5) is 0 Å². The first-order chi connectivity index (χ1) is 6.40. The third-order valence-corrected chi connectivity index (χ3v) is 1.73. The van der Waals surface area contributed by atoms with Crippen molar-refractivity contribution in [1.29, 1.82) is 0 Å². The van der Waals surface area contributed by atoms with E-state index in [1.807, 2.05) is 30.3 Å². The Labute approximate surface area is 75.7 Å². The number of aromatic nitrogens is 1. The van der Waals surface area contributed by atoms with Gasteiger partial charge in [-0.05, 0) is 12.1 Å². The second kappa shape index (κ2) is 3.41. The Morgan fingerprint density at radius 3 is 2.62 bits per heavy atom. The molecule has 1 N–H and O–H groups in total. The van der Waals surface area contributed by atoms with E-state index in [2.05, 4.69) is 4.98 Å². The zero-order valence-electron chi connectivity index (χ0n) is 6.97. The lowest BCUT2D eigenvalue weighted by atomic mass is 10.2. The Kier molecular flexibility index (Phi) is 2.10. The van der Waals surface area contributed by atoms with Crippen molar-refractivity contribution in [2.24, 2.45) is 0 Å². The summed E-state index contributed by atoms with van der Waals surface area (Å²) >= 11 is 0. The maximum atomic E-state index is 8.76. The summed E-state index contributed by atoms with van der Waals surface area (Å²) in [6.45, 7) is -0.111. The van der Waals surface area contributed by atoms with E-state index >= 15 is 0 Å². The van der Waals surface area contributed by atoms with Crippen molar-refractivity contribution in [2.75, 3.05) is 0 Å². The molecule has 0 amide bonds. The van der Waals surface area contributed by atoms with E-state index < -0.39 is 0 Å². The first kappa shape index (κ1) is 8.01. The fraction of sp³-hybridized carbons (Fsp3) is 0.100. The summed E-state index contributed by atoms with van der Waals surface area (Å²) in [5.74, 6) is 1.03. The molecule has 1 heterocycles. The minimum absolute atomic E-state index is 0.111. The second-order valence-electron chi connectivity index (χ2n) is 2.66. The predicted octanol–water partition coefficient (Wildman–Crippen LogP) is 1.83. The standard InChI is InChI=1S/C10H9NO2/c12-7-9-6-11-10(13-9)8-4-2-1-3-5-8/h1-6,12H,7H2. The molecule has 13 heavy (non-hydrogen) atoms. The molecule has 0 saturated heterocycles. The summed E-state index contributed by atoms with van der Waals surface area (Å²) in [5.41, 5.74) is 0.919. The van der Waals surface area contributed by atoms with Crippen molar-refractivity contribution in [3.05, 3.63) is 42.3 Å². The van der Waals surface area contributed by atoms with Crippen molar-refractivity contribution >= 4 is 0 Å². The molecule has 0 radical (unpaired) electrons. The van der Waals surface area contributed by atoms with Gasteiger partial charge in [-0.1, -0.05) is 18.2 Å². The third-order valence-electron chi connectivity index (χ3n) is 1.73. The van der Waals surface area contributed by atoms with Crippen LogP contribution in [0.25, 0.3) is 11.5 Å². The molecule has 3 nitrogen and oxygen atoms in total. The van der Waals surface area contributed by atoms with Gasteiger partial charge in [-0.25, -0.2) is 4.98 Å². The molecule has 0 unspecified atom stereocenters. The molecule has 66 valence electrons. The van der Waals surface area contributed by atoms with E-state index in [-0.39, 0.29) is 6.61 Å². The fourth-order valence-corrected chi connectivity index (χ4v) is 1.09. The average molecular weight is 175 g/mol. The summed E-state index contributed by atoms with van der Waals surface area (Å²) in [7, 11) is 0.